The lowest BCUT2D eigenvalue weighted by Crippen LogP contribution is -2.40. The Morgan fingerprint density at radius 3 is 2.29 bits per heavy atom. The first-order valence-electron chi connectivity index (χ1n) is 6.65. The molecule has 0 saturated heterocycles. The van der Waals surface area contributed by atoms with E-state index in [1.165, 1.54) is 12.0 Å². The molecular weight excluding hydrogens is 208 g/mol. The summed E-state index contributed by atoms with van der Waals surface area (Å²) in [6, 6.07) is 11.1. The zero-order chi connectivity index (χ0) is 12.7. The molecule has 2 heteroatoms. The standard InChI is InChI=1S/C15H26N2/c1-4-17(15(11-16)10-13(2)3)12-14-8-6-5-7-9-14/h5-9,13,15H,4,10-12,16H2,1-3H3. The fourth-order valence-electron chi connectivity index (χ4n) is 2.26. The van der Waals surface area contributed by atoms with Crippen LogP contribution in [0.25, 0.3) is 0 Å². The molecule has 0 amide bonds. The van der Waals surface area contributed by atoms with Crippen LogP contribution >= 0.6 is 0 Å². The highest BCUT2D eigenvalue weighted by Crippen LogP contribution is 2.14. The maximum absolute atomic E-state index is 5.91. The van der Waals surface area contributed by atoms with Crippen LogP contribution in [0, 0.1) is 5.92 Å². The summed E-state index contributed by atoms with van der Waals surface area (Å²) in [6.45, 7) is 9.55. The van der Waals surface area contributed by atoms with Gasteiger partial charge >= 0.3 is 0 Å². The lowest BCUT2D eigenvalue weighted by molar-refractivity contribution is 0.178. The minimum atomic E-state index is 0.500. The lowest BCUT2D eigenvalue weighted by atomic mass is 10.0. The Hall–Kier alpha value is -0.860. The van der Waals surface area contributed by atoms with Crippen LogP contribution in [0.5, 0.6) is 0 Å². The molecule has 0 bridgehead atoms. The summed E-state index contributed by atoms with van der Waals surface area (Å²) < 4.78 is 0. The molecule has 2 nitrogen and oxygen atoms in total. The summed E-state index contributed by atoms with van der Waals surface area (Å²) in [5.41, 5.74) is 7.28. The molecule has 1 aromatic carbocycles. The van der Waals surface area contributed by atoms with E-state index in [4.69, 9.17) is 5.73 Å². The zero-order valence-electron chi connectivity index (χ0n) is 11.4. The van der Waals surface area contributed by atoms with Crippen molar-refractivity contribution in [2.45, 2.75) is 39.8 Å². The number of nitrogens with zero attached hydrogens (tertiary/aromatic N) is 1. The van der Waals surface area contributed by atoms with Crippen LogP contribution in [0.3, 0.4) is 0 Å². The van der Waals surface area contributed by atoms with Crippen molar-refractivity contribution in [1.29, 1.82) is 0 Å². The fraction of sp³-hybridized carbons (Fsp3) is 0.600. The maximum atomic E-state index is 5.91. The summed E-state index contributed by atoms with van der Waals surface area (Å²) in [5.74, 6) is 0.702. The van der Waals surface area contributed by atoms with Crippen molar-refractivity contribution in [2.24, 2.45) is 11.7 Å². The first-order chi connectivity index (χ1) is 8.17. The first kappa shape index (κ1) is 14.2. The maximum Gasteiger partial charge on any atom is 0.0237 e. The quantitative estimate of drug-likeness (QED) is 0.786. The van der Waals surface area contributed by atoms with Crippen molar-refractivity contribution < 1.29 is 0 Å². The lowest BCUT2D eigenvalue weighted by Gasteiger charge is -2.31. The van der Waals surface area contributed by atoms with Crippen LogP contribution in [0.2, 0.25) is 0 Å². The normalized spacial score (nSPS) is 13.3. The van der Waals surface area contributed by atoms with Gasteiger partial charge in [-0.2, -0.15) is 0 Å². The monoisotopic (exact) mass is 234 g/mol. The molecule has 0 saturated carbocycles. The van der Waals surface area contributed by atoms with Gasteiger partial charge in [0.1, 0.15) is 0 Å². The molecule has 2 N–H and O–H groups in total. The van der Waals surface area contributed by atoms with E-state index in [1.54, 1.807) is 0 Å². The second kappa shape index (κ2) is 7.46. The molecule has 0 spiro atoms. The molecule has 0 fully saturated rings. The largest absolute Gasteiger partial charge is 0.329 e. The Kier molecular flexibility index (Phi) is 6.23. The molecule has 0 radical (unpaired) electrons. The highest BCUT2D eigenvalue weighted by Gasteiger charge is 2.16. The first-order valence-corrected chi connectivity index (χ1v) is 6.65. The predicted molar refractivity (Wildman–Crippen MR) is 74.8 cm³/mol. The van der Waals surface area contributed by atoms with Gasteiger partial charge in [-0.05, 0) is 24.4 Å². The smallest absolute Gasteiger partial charge is 0.0237 e. The molecule has 1 unspecified atom stereocenters. The van der Waals surface area contributed by atoms with E-state index < -0.39 is 0 Å². The Balaban J connectivity index is 2.63. The summed E-state index contributed by atoms with van der Waals surface area (Å²) >= 11 is 0. The molecule has 17 heavy (non-hydrogen) atoms. The van der Waals surface area contributed by atoms with E-state index >= 15 is 0 Å². The summed E-state index contributed by atoms with van der Waals surface area (Å²) in [4.78, 5) is 2.48. The minimum Gasteiger partial charge on any atom is -0.329 e. The summed E-state index contributed by atoms with van der Waals surface area (Å²) in [7, 11) is 0. The highest BCUT2D eigenvalue weighted by molar-refractivity contribution is 5.14. The van der Waals surface area contributed by atoms with Gasteiger partial charge in [0.25, 0.3) is 0 Å². The van der Waals surface area contributed by atoms with Gasteiger partial charge in [-0.15, -0.1) is 0 Å². The average Bonchev–Trinajstić information content (AvgIpc) is 2.34. The zero-order valence-corrected chi connectivity index (χ0v) is 11.4. The molecule has 0 aromatic heterocycles. The van der Waals surface area contributed by atoms with Crippen molar-refractivity contribution in [3.63, 3.8) is 0 Å². The van der Waals surface area contributed by atoms with Gasteiger partial charge in [-0.25, -0.2) is 0 Å². The number of benzene rings is 1. The minimum absolute atomic E-state index is 0.500. The third-order valence-corrected chi connectivity index (χ3v) is 3.17. The number of rotatable bonds is 7. The van der Waals surface area contributed by atoms with E-state index in [9.17, 15) is 0 Å². The SMILES string of the molecule is CCN(Cc1ccccc1)C(CN)CC(C)C. The van der Waals surface area contributed by atoms with Gasteiger partial charge in [0.05, 0.1) is 0 Å². The van der Waals surface area contributed by atoms with E-state index in [-0.39, 0.29) is 0 Å². The Morgan fingerprint density at radius 1 is 1.18 bits per heavy atom. The summed E-state index contributed by atoms with van der Waals surface area (Å²) in [5, 5.41) is 0. The molecule has 0 aliphatic rings. The fourth-order valence-corrected chi connectivity index (χ4v) is 2.26. The molecule has 1 aromatic rings. The van der Waals surface area contributed by atoms with Crippen LogP contribution in [0.1, 0.15) is 32.8 Å². The topological polar surface area (TPSA) is 29.3 Å². The number of hydrogen-bond donors (Lipinski definition) is 1. The van der Waals surface area contributed by atoms with Crippen molar-refractivity contribution >= 4 is 0 Å². The Labute approximate surface area is 106 Å². The Morgan fingerprint density at radius 2 is 1.82 bits per heavy atom. The third-order valence-electron chi connectivity index (χ3n) is 3.17. The van der Waals surface area contributed by atoms with E-state index in [1.807, 2.05) is 0 Å². The van der Waals surface area contributed by atoms with Crippen LogP contribution in [0.4, 0.5) is 0 Å². The van der Waals surface area contributed by atoms with Crippen LogP contribution in [0.15, 0.2) is 30.3 Å². The van der Waals surface area contributed by atoms with E-state index in [2.05, 4.69) is 56.0 Å². The van der Waals surface area contributed by atoms with Gasteiger partial charge in [0.2, 0.25) is 0 Å². The van der Waals surface area contributed by atoms with Crippen LogP contribution in [-0.2, 0) is 6.54 Å². The van der Waals surface area contributed by atoms with Gasteiger partial charge < -0.3 is 5.73 Å². The molecule has 1 atom stereocenters. The number of hydrogen-bond acceptors (Lipinski definition) is 2. The van der Waals surface area contributed by atoms with Crippen molar-refractivity contribution in [2.75, 3.05) is 13.1 Å². The van der Waals surface area contributed by atoms with Crippen molar-refractivity contribution in [3.8, 4) is 0 Å². The number of nitrogens with two attached hydrogens (primary N) is 1. The number of likely N-dealkylation sites (N-methyl/N-ethyl adjacent to an activating group) is 1. The molecule has 1 rings (SSSR count). The van der Waals surface area contributed by atoms with Crippen molar-refractivity contribution in [1.82, 2.24) is 4.90 Å². The van der Waals surface area contributed by atoms with Gasteiger partial charge in [0, 0.05) is 19.1 Å². The van der Waals surface area contributed by atoms with E-state index in [0.29, 0.717) is 12.0 Å². The molecule has 0 aliphatic carbocycles. The highest BCUT2D eigenvalue weighted by atomic mass is 15.2. The molecular formula is C15H26N2. The van der Waals surface area contributed by atoms with Crippen molar-refractivity contribution in [3.05, 3.63) is 35.9 Å². The average molecular weight is 234 g/mol. The molecule has 0 heterocycles. The molecule has 0 aliphatic heterocycles. The predicted octanol–water partition coefficient (Wildman–Crippen LogP) is 2.88. The third kappa shape index (κ3) is 4.88. The van der Waals surface area contributed by atoms with Gasteiger partial charge in [-0.3, -0.25) is 4.90 Å². The van der Waals surface area contributed by atoms with Crippen LogP contribution < -0.4 is 5.73 Å². The second-order valence-corrected chi connectivity index (χ2v) is 5.07. The van der Waals surface area contributed by atoms with Crippen LogP contribution in [-0.4, -0.2) is 24.0 Å². The van der Waals surface area contributed by atoms with Gasteiger partial charge in [0.15, 0.2) is 0 Å². The Bertz CT molecular complexity index is 295. The second-order valence-electron chi connectivity index (χ2n) is 5.07. The van der Waals surface area contributed by atoms with Gasteiger partial charge in [-0.1, -0.05) is 51.1 Å². The summed E-state index contributed by atoms with van der Waals surface area (Å²) in [6.07, 6.45) is 1.18. The molecule has 96 valence electrons. The van der Waals surface area contributed by atoms with E-state index in [0.717, 1.165) is 19.6 Å².